The third kappa shape index (κ3) is 5.24. The van der Waals surface area contributed by atoms with Gasteiger partial charge in [0, 0.05) is 23.7 Å². The van der Waals surface area contributed by atoms with Crippen LogP contribution in [0.1, 0.15) is 31.4 Å². The van der Waals surface area contributed by atoms with E-state index in [1.165, 1.54) is 34.9 Å². The molecule has 1 N–H and O–H groups in total. The number of hydrogen-bond donors (Lipinski definition) is 1. The van der Waals surface area contributed by atoms with Crippen LogP contribution in [0.15, 0.2) is 47.4 Å². The normalized spacial score (nSPS) is 15.5. The van der Waals surface area contributed by atoms with E-state index in [0.29, 0.717) is 35.3 Å². The topological polar surface area (TPSA) is 64.0 Å². The molecule has 0 aliphatic heterocycles. The molecule has 0 amide bonds. The lowest BCUT2D eigenvalue weighted by molar-refractivity contribution is -0.141. The Morgan fingerprint density at radius 1 is 1.12 bits per heavy atom. The summed E-state index contributed by atoms with van der Waals surface area (Å²) in [6.07, 6.45) is 1.18. The Morgan fingerprint density at radius 2 is 1.84 bits per heavy atom. The summed E-state index contributed by atoms with van der Waals surface area (Å²) in [4.78, 5) is 1.62. The van der Waals surface area contributed by atoms with Gasteiger partial charge >= 0.3 is 6.18 Å². The highest BCUT2D eigenvalue weighted by Gasteiger charge is 2.35. The average molecular weight is 484 g/mol. The first-order chi connectivity index (χ1) is 15.1. The second-order valence-corrected chi connectivity index (χ2v) is 11.1. The standard InChI is InChI=1S/C22H24F3N3O2S2/c1-32(29,30)17-8-4-5-15(13-17)19-9-10-20(31-19)18-14-21(22(23,24)25)27-28(18)12-11-26-16-6-2-3-7-16/h4-5,8-10,13-14,16,26H,2-3,6-7,11-12H2,1H3. The quantitative estimate of drug-likeness (QED) is 0.500. The van der Waals surface area contributed by atoms with Gasteiger partial charge in [-0.2, -0.15) is 18.3 Å². The molecule has 1 fully saturated rings. The van der Waals surface area contributed by atoms with Crippen molar-refractivity contribution in [1.82, 2.24) is 15.1 Å². The van der Waals surface area contributed by atoms with Gasteiger partial charge in [0.15, 0.2) is 15.5 Å². The second kappa shape index (κ2) is 8.99. The van der Waals surface area contributed by atoms with Crippen LogP contribution in [0.5, 0.6) is 0 Å². The van der Waals surface area contributed by atoms with E-state index >= 15 is 0 Å². The Balaban J connectivity index is 1.61. The van der Waals surface area contributed by atoms with Crippen molar-refractivity contribution in [2.75, 3.05) is 12.8 Å². The molecule has 0 unspecified atom stereocenters. The molecule has 0 spiro atoms. The zero-order valence-electron chi connectivity index (χ0n) is 17.5. The summed E-state index contributed by atoms with van der Waals surface area (Å²) in [5, 5.41) is 7.24. The van der Waals surface area contributed by atoms with Crippen molar-refractivity contribution in [3.05, 3.63) is 48.2 Å². The molecule has 1 aliphatic carbocycles. The lowest BCUT2D eigenvalue weighted by Gasteiger charge is -2.12. The monoisotopic (exact) mass is 483 g/mol. The van der Waals surface area contributed by atoms with Gasteiger partial charge in [-0.15, -0.1) is 11.3 Å². The van der Waals surface area contributed by atoms with Crippen LogP contribution in [0.2, 0.25) is 0 Å². The van der Waals surface area contributed by atoms with E-state index in [0.717, 1.165) is 30.0 Å². The average Bonchev–Trinajstić information content (AvgIpc) is 3.47. The molecule has 172 valence electrons. The summed E-state index contributed by atoms with van der Waals surface area (Å²) >= 11 is 1.31. The molecule has 2 aromatic heterocycles. The minimum atomic E-state index is -4.53. The highest BCUT2D eigenvalue weighted by molar-refractivity contribution is 7.90. The van der Waals surface area contributed by atoms with Crippen molar-refractivity contribution >= 4 is 21.2 Å². The lowest BCUT2D eigenvalue weighted by atomic mass is 10.2. The highest BCUT2D eigenvalue weighted by atomic mass is 32.2. The van der Waals surface area contributed by atoms with Crippen LogP contribution >= 0.6 is 11.3 Å². The SMILES string of the molecule is CS(=O)(=O)c1cccc(-c2ccc(-c3cc(C(F)(F)F)nn3CCNC3CCCC3)s2)c1. The number of hydrogen-bond acceptors (Lipinski definition) is 5. The fraction of sp³-hybridized carbons (Fsp3) is 0.409. The molecule has 0 saturated heterocycles. The molecule has 1 aliphatic rings. The van der Waals surface area contributed by atoms with Crippen molar-refractivity contribution in [3.63, 3.8) is 0 Å². The van der Waals surface area contributed by atoms with Crippen LogP contribution in [-0.4, -0.2) is 37.0 Å². The first-order valence-corrected chi connectivity index (χ1v) is 13.1. The van der Waals surface area contributed by atoms with Crippen molar-refractivity contribution in [2.24, 2.45) is 0 Å². The number of nitrogens with one attached hydrogen (secondary N) is 1. The maximum atomic E-state index is 13.3. The molecule has 4 rings (SSSR count). The fourth-order valence-electron chi connectivity index (χ4n) is 3.94. The van der Waals surface area contributed by atoms with E-state index < -0.39 is 21.7 Å². The van der Waals surface area contributed by atoms with Gasteiger partial charge in [-0.1, -0.05) is 25.0 Å². The van der Waals surface area contributed by atoms with Gasteiger partial charge in [-0.3, -0.25) is 4.68 Å². The van der Waals surface area contributed by atoms with E-state index in [1.807, 2.05) is 0 Å². The van der Waals surface area contributed by atoms with E-state index in [2.05, 4.69) is 10.4 Å². The molecule has 1 aromatic carbocycles. The largest absolute Gasteiger partial charge is 0.435 e. The molecular weight excluding hydrogens is 459 g/mol. The molecule has 3 aromatic rings. The second-order valence-electron chi connectivity index (χ2n) is 8.04. The summed E-state index contributed by atoms with van der Waals surface area (Å²) in [6, 6.07) is 11.6. The first-order valence-electron chi connectivity index (χ1n) is 10.4. The predicted octanol–water partition coefficient (Wildman–Crippen LogP) is 5.23. The molecule has 1 saturated carbocycles. The van der Waals surface area contributed by atoms with E-state index in [1.54, 1.807) is 30.3 Å². The zero-order chi connectivity index (χ0) is 22.9. The Kier molecular flexibility index (Phi) is 6.46. The van der Waals surface area contributed by atoms with Crippen molar-refractivity contribution in [2.45, 2.75) is 49.3 Å². The molecule has 10 heteroatoms. The molecule has 0 atom stereocenters. The third-order valence-electron chi connectivity index (χ3n) is 5.59. The molecule has 2 heterocycles. The van der Waals surface area contributed by atoms with Crippen LogP contribution in [0.4, 0.5) is 13.2 Å². The van der Waals surface area contributed by atoms with Crippen LogP contribution < -0.4 is 5.32 Å². The maximum Gasteiger partial charge on any atom is 0.435 e. The minimum Gasteiger partial charge on any atom is -0.312 e. The maximum absolute atomic E-state index is 13.3. The molecule has 5 nitrogen and oxygen atoms in total. The number of rotatable bonds is 7. The fourth-order valence-corrected chi connectivity index (χ4v) is 5.63. The van der Waals surface area contributed by atoms with Crippen molar-refractivity contribution in [1.29, 1.82) is 0 Å². The summed E-state index contributed by atoms with van der Waals surface area (Å²) < 4.78 is 65.2. The van der Waals surface area contributed by atoms with Gasteiger partial charge in [0.1, 0.15) is 0 Å². The van der Waals surface area contributed by atoms with Gasteiger partial charge in [-0.25, -0.2) is 8.42 Å². The van der Waals surface area contributed by atoms with Gasteiger partial charge in [-0.05, 0) is 48.7 Å². The smallest absolute Gasteiger partial charge is 0.312 e. The third-order valence-corrected chi connectivity index (χ3v) is 7.85. The number of halogens is 3. The Labute approximate surface area is 189 Å². The Bertz CT molecular complexity index is 1190. The number of benzene rings is 1. The van der Waals surface area contributed by atoms with Gasteiger partial charge in [0.2, 0.25) is 0 Å². The van der Waals surface area contributed by atoms with E-state index in [4.69, 9.17) is 0 Å². The van der Waals surface area contributed by atoms with Gasteiger partial charge < -0.3 is 5.32 Å². The van der Waals surface area contributed by atoms with Crippen molar-refractivity contribution in [3.8, 4) is 21.0 Å². The first kappa shape index (κ1) is 23.0. The lowest BCUT2D eigenvalue weighted by Crippen LogP contribution is -2.29. The molecular formula is C22H24F3N3O2S2. The van der Waals surface area contributed by atoms with Crippen LogP contribution in [-0.2, 0) is 22.6 Å². The number of sulfone groups is 1. The molecule has 0 bridgehead atoms. The van der Waals surface area contributed by atoms with Gasteiger partial charge in [0.25, 0.3) is 0 Å². The number of aromatic nitrogens is 2. The number of nitrogens with zero attached hydrogens (tertiary/aromatic N) is 2. The van der Waals surface area contributed by atoms with E-state index in [-0.39, 0.29) is 4.90 Å². The van der Waals surface area contributed by atoms with Gasteiger partial charge in [0.05, 0.1) is 22.0 Å². The summed E-state index contributed by atoms with van der Waals surface area (Å²) in [5.74, 6) is 0. The molecule has 32 heavy (non-hydrogen) atoms. The minimum absolute atomic E-state index is 0.201. The summed E-state index contributed by atoms with van der Waals surface area (Å²) in [5.41, 5.74) is 0.192. The Morgan fingerprint density at radius 3 is 2.53 bits per heavy atom. The zero-order valence-corrected chi connectivity index (χ0v) is 19.2. The Hall–Kier alpha value is -2.17. The highest BCUT2D eigenvalue weighted by Crippen LogP contribution is 2.38. The van der Waals surface area contributed by atoms with Crippen LogP contribution in [0, 0.1) is 0 Å². The summed E-state index contributed by atoms with van der Waals surface area (Å²) in [6.45, 7) is 0.879. The summed E-state index contributed by atoms with van der Waals surface area (Å²) in [7, 11) is -3.36. The van der Waals surface area contributed by atoms with E-state index in [9.17, 15) is 21.6 Å². The molecule has 0 radical (unpaired) electrons. The number of alkyl halides is 3. The van der Waals surface area contributed by atoms with Crippen molar-refractivity contribution < 1.29 is 21.6 Å². The predicted molar refractivity (Wildman–Crippen MR) is 119 cm³/mol. The van der Waals surface area contributed by atoms with Crippen LogP contribution in [0.3, 0.4) is 0 Å². The van der Waals surface area contributed by atoms with Crippen LogP contribution in [0.25, 0.3) is 21.0 Å². The number of thiophene rings is 1.